The van der Waals surface area contributed by atoms with Gasteiger partial charge >= 0.3 is 5.97 Å². The number of ether oxygens (including phenoxy) is 2. The van der Waals surface area contributed by atoms with Gasteiger partial charge in [0, 0.05) is 19.8 Å². The van der Waals surface area contributed by atoms with E-state index in [-0.39, 0.29) is 11.9 Å². The Balaban J connectivity index is 1.93. The summed E-state index contributed by atoms with van der Waals surface area (Å²) < 4.78 is 10.3. The number of carbonyl (C=O) groups excluding carboxylic acids is 1. The number of methoxy groups -OCH3 is 1. The molecule has 0 aromatic rings. The number of carbonyl (C=O) groups is 1. The summed E-state index contributed by atoms with van der Waals surface area (Å²) in [6, 6.07) is 0. The summed E-state index contributed by atoms with van der Waals surface area (Å²) in [5, 5.41) is 0. The molecule has 4 nitrogen and oxygen atoms in total. The second-order valence-corrected chi connectivity index (χ2v) is 5.09. The number of nitrogens with zero attached hydrogens (tertiary/aromatic N) is 1. The van der Waals surface area contributed by atoms with Gasteiger partial charge in [0.1, 0.15) is 0 Å². The molecule has 17 heavy (non-hydrogen) atoms. The first kappa shape index (κ1) is 12.8. The highest BCUT2D eigenvalue weighted by molar-refractivity contribution is 5.73. The Kier molecular flexibility index (Phi) is 4.80. The van der Waals surface area contributed by atoms with Crippen molar-refractivity contribution in [2.75, 3.05) is 40.0 Å². The van der Waals surface area contributed by atoms with E-state index in [1.54, 1.807) is 0 Å². The second kappa shape index (κ2) is 6.36. The largest absolute Gasteiger partial charge is 0.469 e. The average Bonchev–Trinajstić information content (AvgIpc) is 2.89. The molecule has 98 valence electrons. The van der Waals surface area contributed by atoms with Gasteiger partial charge in [0.2, 0.25) is 0 Å². The Bertz CT molecular complexity index is 245. The fraction of sp³-hybridized carbons (Fsp3) is 0.923. The van der Waals surface area contributed by atoms with Crippen LogP contribution < -0.4 is 0 Å². The number of hydrogen-bond donors (Lipinski definition) is 0. The molecule has 1 atom stereocenters. The smallest absolute Gasteiger partial charge is 0.310 e. The Hall–Kier alpha value is -0.610. The van der Waals surface area contributed by atoms with Crippen molar-refractivity contribution >= 4 is 5.97 Å². The molecule has 2 heterocycles. The Morgan fingerprint density at radius 3 is 2.59 bits per heavy atom. The number of esters is 1. The van der Waals surface area contributed by atoms with Crippen LogP contribution in [0.5, 0.6) is 0 Å². The lowest BCUT2D eigenvalue weighted by Gasteiger charge is -2.31. The second-order valence-electron chi connectivity index (χ2n) is 5.09. The number of likely N-dealkylation sites (tertiary alicyclic amines) is 1. The molecule has 0 bridgehead atoms. The standard InChI is InChI=1S/C13H23NO3/c1-16-13(15)12(10-14-6-2-3-7-14)11-4-8-17-9-5-11/h11-12H,2-10H2,1H3. The Morgan fingerprint density at radius 2 is 2.00 bits per heavy atom. The van der Waals surface area contributed by atoms with Gasteiger partial charge in [0.25, 0.3) is 0 Å². The molecule has 1 unspecified atom stereocenters. The molecule has 0 aliphatic carbocycles. The van der Waals surface area contributed by atoms with Gasteiger partial charge in [-0.2, -0.15) is 0 Å². The highest BCUT2D eigenvalue weighted by atomic mass is 16.5. The van der Waals surface area contributed by atoms with E-state index in [1.807, 2.05) is 0 Å². The SMILES string of the molecule is COC(=O)C(CN1CCCC1)C1CCOCC1. The summed E-state index contributed by atoms with van der Waals surface area (Å²) in [4.78, 5) is 14.3. The van der Waals surface area contributed by atoms with Crippen LogP contribution in [0.25, 0.3) is 0 Å². The Morgan fingerprint density at radius 1 is 1.35 bits per heavy atom. The minimum atomic E-state index is -0.0381. The normalized spacial score (nSPS) is 24.8. The van der Waals surface area contributed by atoms with Gasteiger partial charge in [-0.05, 0) is 44.7 Å². The lowest BCUT2D eigenvalue weighted by Crippen LogP contribution is -2.38. The van der Waals surface area contributed by atoms with Crippen molar-refractivity contribution in [3.05, 3.63) is 0 Å². The first-order valence-electron chi connectivity index (χ1n) is 6.69. The van der Waals surface area contributed by atoms with E-state index in [0.717, 1.165) is 45.7 Å². The summed E-state index contributed by atoms with van der Waals surface area (Å²) in [5.41, 5.74) is 0. The topological polar surface area (TPSA) is 38.8 Å². The van der Waals surface area contributed by atoms with E-state index < -0.39 is 0 Å². The van der Waals surface area contributed by atoms with Crippen molar-refractivity contribution in [3.8, 4) is 0 Å². The van der Waals surface area contributed by atoms with Gasteiger partial charge in [0.05, 0.1) is 13.0 Å². The summed E-state index contributed by atoms with van der Waals surface area (Å²) in [5.74, 6) is 0.447. The first-order valence-corrected chi connectivity index (χ1v) is 6.69. The van der Waals surface area contributed by atoms with E-state index in [2.05, 4.69) is 4.90 Å². The fourth-order valence-corrected chi connectivity index (χ4v) is 2.93. The number of rotatable bonds is 4. The van der Waals surface area contributed by atoms with Gasteiger partial charge in [-0.15, -0.1) is 0 Å². The molecule has 2 rings (SSSR count). The van der Waals surface area contributed by atoms with Crippen LogP contribution in [0.15, 0.2) is 0 Å². The molecule has 2 saturated heterocycles. The molecule has 0 amide bonds. The van der Waals surface area contributed by atoms with Gasteiger partial charge < -0.3 is 14.4 Å². The minimum absolute atomic E-state index is 0.0381. The third-order valence-corrected chi connectivity index (χ3v) is 3.99. The van der Waals surface area contributed by atoms with Crippen LogP contribution in [0.4, 0.5) is 0 Å². The maximum Gasteiger partial charge on any atom is 0.310 e. The highest BCUT2D eigenvalue weighted by Crippen LogP contribution is 2.26. The van der Waals surface area contributed by atoms with Gasteiger partial charge in [-0.1, -0.05) is 0 Å². The van der Waals surface area contributed by atoms with Crippen LogP contribution in [0, 0.1) is 11.8 Å². The van der Waals surface area contributed by atoms with Crippen molar-refractivity contribution in [1.29, 1.82) is 0 Å². The molecule has 0 aromatic heterocycles. The monoisotopic (exact) mass is 241 g/mol. The van der Waals surface area contributed by atoms with Gasteiger partial charge in [-0.25, -0.2) is 0 Å². The quantitative estimate of drug-likeness (QED) is 0.695. The van der Waals surface area contributed by atoms with E-state index in [4.69, 9.17) is 9.47 Å². The third-order valence-electron chi connectivity index (χ3n) is 3.99. The van der Waals surface area contributed by atoms with Crippen molar-refractivity contribution in [2.45, 2.75) is 25.7 Å². The van der Waals surface area contributed by atoms with Crippen LogP contribution in [-0.2, 0) is 14.3 Å². The maximum absolute atomic E-state index is 11.9. The number of hydrogen-bond acceptors (Lipinski definition) is 4. The molecule has 0 spiro atoms. The van der Waals surface area contributed by atoms with E-state index in [9.17, 15) is 4.79 Å². The summed E-state index contributed by atoms with van der Waals surface area (Å²) in [6.45, 7) is 4.72. The van der Waals surface area contributed by atoms with Crippen molar-refractivity contribution in [2.24, 2.45) is 11.8 Å². The van der Waals surface area contributed by atoms with Crippen molar-refractivity contribution in [3.63, 3.8) is 0 Å². The van der Waals surface area contributed by atoms with Gasteiger partial charge in [-0.3, -0.25) is 4.79 Å². The zero-order chi connectivity index (χ0) is 12.1. The van der Waals surface area contributed by atoms with Crippen LogP contribution in [-0.4, -0.2) is 50.8 Å². The van der Waals surface area contributed by atoms with E-state index in [0.29, 0.717) is 5.92 Å². The van der Waals surface area contributed by atoms with Crippen molar-refractivity contribution < 1.29 is 14.3 Å². The molecule has 0 radical (unpaired) electrons. The van der Waals surface area contributed by atoms with Gasteiger partial charge in [0.15, 0.2) is 0 Å². The third kappa shape index (κ3) is 3.42. The molecule has 2 fully saturated rings. The zero-order valence-electron chi connectivity index (χ0n) is 10.7. The molecule has 2 aliphatic heterocycles. The van der Waals surface area contributed by atoms with Crippen LogP contribution in [0.2, 0.25) is 0 Å². The lowest BCUT2D eigenvalue weighted by molar-refractivity contribution is -0.149. The molecule has 0 saturated carbocycles. The van der Waals surface area contributed by atoms with Crippen molar-refractivity contribution in [1.82, 2.24) is 4.90 Å². The minimum Gasteiger partial charge on any atom is -0.469 e. The van der Waals surface area contributed by atoms with E-state index in [1.165, 1.54) is 20.0 Å². The highest BCUT2D eigenvalue weighted by Gasteiger charge is 2.32. The lowest BCUT2D eigenvalue weighted by atomic mass is 9.85. The van der Waals surface area contributed by atoms with Crippen LogP contribution in [0.1, 0.15) is 25.7 Å². The zero-order valence-corrected chi connectivity index (χ0v) is 10.7. The summed E-state index contributed by atoms with van der Waals surface area (Å²) in [7, 11) is 1.50. The molecule has 2 aliphatic rings. The molecule has 4 heteroatoms. The predicted molar refractivity (Wildman–Crippen MR) is 64.7 cm³/mol. The molecular formula is C13H23NO3. The first-order chi connectivity index (χ1) is 8.31. The maximum atomic E-state index is 11.9. The predicted octanol–water partition coefficient (Wildman–Crippen LogP) is 1.30. The van der Waals surface area contributed by atoms with Crippen LogP contribution >= 0.6 is 0 Å². The Labute approximate surface area is 103 Å². The summed E-state index contributed by atoms with van der Waals surface area (Å²) in [6.07, 6.45) is 4.52. The van der Waals surface area contributed by atoms with Crippen LogP contribution in [0.3, 0.4) is 0 Å². The molecular weight excluding hydrogens is 218 g/mol. The molecule has 0 N–H and O–H groups in total. The average molecular weight is 241 g/mol. The van der Waals surface area contributed by atoms with E-state index >= 15 is 0 Å². The molecule has 0 aromatic carbocycles. The fourth-order valence-electron chi connectivity index (χ4n) is 2.93. The summed E-state index contributed by atoms with van der Waals surface area (Å²) >= 11 is 0.